The molecule has 0 bridgehead atoms. The van der Waals surface area contributed by atoms with Crippen molar-refractivity contribution in [1.82, 2.24) is 5.32 Å². The molecule has 4 heteroatoms. The van der Waals surface area contributed by atoms with Gasteiger partial charge in [0.1, 0.15) is 6.04 Å². The molecule has 1 N–H and O–H groups in total. The average Bonchev–Trinajstić information content (AvgIpc) is 2.19. The maximum absolute atomic E-state index is 11.5. The minimum absolute atomic E-state index is 0. The van der Waals surface area contributed by atoms with Crippen molar-refractivity contribution in [3.05, 3.63) is 0 Å². The van der Waals surface area contributed by atoms with E-state index in [1.807, 2.05) is 13.8 Å². The van der Waals surface area contributed by atoms with Crippen LogP contribution in [0.3, 0.4) is 0 Å². The van der Waals surface area contributed by atoms with Crippen LogP contribution in [0.5, 0.6) is 0 Å². The standard InChI is InChI=1S/C10H19NO2.ClH/c1-3-8(2)13-10(12)9-6-4-5-7-11-9;/h8-9,11H,3-7H2,1-2H3;1H/t8?,9-;/m1./s1. The number of nitrogens with one attached hydrogen (secondary N) is 1. The fraction of sp³-hybridized carbons (Fsp3) is 0.900. The van der Waals surface area contributed by atoms with Gasteiger partial charge in [-0.05, 0) is 32.7 Å². The monoisotopic (exact) mass is 221 g/mol. The second kappa shape index (κ2) is 7.07. The number of hydrogen-bond donors (Lipinski definition) is 1. The molecule has 1 aliphatic rings. The fourth-order valence-corrected chi connectivity index (χ4v) is 1.42. The summed E-state index contributed by atoms with van der Waals surface area (Å²) < 4.78 is 5.24. The summed E-state index contributed by atoms with van der Waals surface area (Å²) >= 11 is 0. The predicted molar refractivity (Wildman–Crippen MR) is 58.7 cm³/mol. The lowest BCUT2D eigenvalue weighted by atomic mass is 10.1. The molecular weight excluding hydrogens is 202 g/mol. The van der Waals surface area contributed by atoms with Gasteiger partial charge in [0, 0.05) is 0 Å². The van der Waals surface area contributed by atoms with Gasteiger partial charge in [-0.15, -0.1) is 12.4 Å². The lowest BCUT2D eigenvalue weighted by Crippen LogP contribution is -2.42. The van der Waals surface area contributed by atoms with E-state index < -0.39 is 0 Å². The number of rotatable bonds is 3. The molecule has 0 spiro atoms. The van der Waals surface area contributed by atoms with Crippen molar-refractivity contribution in [3.8, 4) is 0 Å². The molecule has 0 amide bonds. The second-order valence-electron chi connectivity index (χ2n) is 3.66. The van der Waals surface area contributed by atoms with Crippen molar-refractivity contribution >= 4 is 18.4 Å². The van der Waals surface area contributed by atoms with Gasteiger partial charge in [0.25, 0.3) is 0 Å². The van der Waals surface area contributed by atoms with Gasteiger partial charge in [0.05, 0.1) is 6.10 Å². The Bertz CT molecular complexity index is 170. The SMILES string of the molecule is CCC(C)OC(=O)[C@H]1CCCCN1.Cl. The number of piperidine rings is 1. The van der Waals surface area contributed by atoms with Crippen LogP contribution in [0, 0.1) is 0 Å². The molecule has 1 rings (SSSR count). The fourth-order valence-electron chi connectivity index (χ4n) is 1.42. The average molecular weight is 222 g/mol. The number of ether oxygens (including phenoxy) is 1. The molecule has 0 radical (unpaired) electrons. The number of esters is 1. The quantitative estimate of drug-likeness (QED) is 0.740. The molecule has 3 nitrogen and oxygen atoms in total. The van der Waals surface area contributed by atoms with E-state index in [1.54, 1.807) is 0 Å². The summed E-state index contributed by atoms with van der Waals surface area (Å²) in [5.74, 6) is -0.0750. The van der Waals surface area contributed by atoms with E-state index in [-0.39, 0.29) is 30.5 Å². The van der Waals surface area contributed by atoms with E-state index in [0.29, 0.717) is 0 Å². The van der Waals surface area contributed by atoms with Gasteiger partial charge in [-0.25, -0.2) is 0 Å². The summed E-state index contributed by atoms with van der Waals surface area (Å²) in [5, 5.41) is 3.17. The number of hydrogen-bond acceptors (Lipinski definition) is 3. The van der Waals surface area contributed by atoms with E-state index in [0.717, 1.165) is 25.8 Å². The van der Waals surface area contributed by atoms with E-state index in [4.69, 9.17) is 4.74 Å². The Morgan fingerprint density at radius 3 is 2.79 bits per heavy atom. The summed E-state index contributed by atoms with van der Waals surface area (Å²) in [6.45, 7) is 4.90. The third-order valence-electron chi connectivity index (χ3n) is 2.49. The van der Waals surface area contributed by atoms with E-state index in [1.165, 1.54) is 6.42 Å². The van der Waals surface area contributed by atoms with Crippen molar-refractivity contribution in [2.45, 2.75) is 51.7 Å². The highest BCUT2D eigenvalue weighted by atomic mass is 35.5. The third kappa shape index (κ3) is 4.29. The van der Waals surface area contributed by atoms with Gasteiger partial charge < -0.3 is 10.1 Å². The zero-order valence-electron chi connectivity index (χ0n) is 8.91. The van der Waals surface area contributed by atoms with Crippen LogP contribution < -0.4 is 5.32 Å². The zero-order valence-corrected chi connectivity index (χ0v) is 9.73. The summed E-state index contributed by atoms with van der Waals surface area (Å²) in [5.41, 5.74) is 0. The van der Waals surface area contributed by atoms with Gasteiger partial charge in [0.15, 0.2) is 0 Å². The minimum Gasteiger partial charge on any atom is -0.462 e. The first kappa shape index (κ1) is 13.7. The van der Waals surface area contributed by atoms with Crippen LogP contribution in [0.2, 0.25) is 0 Å². The summed E-state index contributed by atoms with van der Waals surface area (Å²) in [4.78, 5) is 11.5. The van der Waals surface area contributed by atoms with Crippen LogP contribution in [0.25, 0.3) is 0 Å². The molecule has 1 aliphatic heterocycles. The minimum atomic E-state index is -0.0750. The molecule has 0 aliphatic carbocycles. The molecule has 1 saturated heterocycles. The van der Waals surface area contributed by atoms with Crippen LogP contribution in [0.15, 0.2) is 0 Å². The normalized spacial score (nSPS) is 23.4. The molecule has 0 aromatic heterocycles. The van der Waals surface area contributed by atoms with Crippen molar-refractivity contribution < 1.29 is 9.53 Å². The number of halogens is 1. The second-order valence-corrected chi connectivity index (χ2v) is 3.66. The lowest BCUT2D eigenvalue weighted by Gasteiger charge is -2.23. The molecular formula is C10H20ClNO2. The Labute approximate surface area is 92.0 Å². The molecule has 2 atom stereocenters. The van der Waals surface area contributed by atoms with Gasteiger partial charge in [-0.2, -0.15) is 0 Å². The highest BCUT2D eigenvalue weighted by Gasteiger charge is 2.22. The first-order valence-corrected chi connectivity index (χ1v) is 5.18. The van der Waals surface area contributed by atoms with Crippen LogP contribution in [-0.4, -0.2) is 24.7 Å². The molecule has 14 heavy (non-hydrogen) atoms. The number of carbonyl (C=O) groups excluding carboxylic acids is 1. The lowest BCUT2D eigenvalue weighted by molar-refractivity contribution is -0.151. The first-order valence-electron chi connectivity index (χ1n) is 5.18. The Balaban J connectivity index is 0.00000169. The van der Waals surface area contributed by atoms with Crippen LogP contribution >= 0.6 is 12.4 Å². The van der Waals surface area contributed by atoms with Gasteiger partial charge in [-0.1, -0.05) is 13.3 Å². The highest BCUT2D eigenvalue weighted by molar-refractivity contribution is 5.85. The van der Waals surface area contributed by atoms with Gasteiger partial charge >= 0.3 is 5.97 Å². The number of carbonyl (C=O) groups is 1. The maximum Gasteiger partial charge on any atom is 0.323 e. The van der Waals surface area contributed by atoms with Gasteiger partial charge in [0.2, 0.25) is 0 Å². The largest absolute Gasteiger partial charge is 0.462 e. The van der Waals surface area contributed by atoms with Crippen molar-refractivity contribution in [1.29, 1.82) is 0 Å². The Hall–Kier alpha value is -0.280. The van der Waals surface area contributed by atoms with Crippen molar-refractivity contribution in [2.24, 2.45) is 0 Å². The third-order valence-corrected chi connectivity index (χ3v) is 2.49. The summed E-state index contributed by atoms with van der Waals surface area (Å²) in [6, 6.07) is -0.0530. The van der Waals surface area contributed by atoms with E-state index >= 15 is 0 Å². The molecule has 1 heterocycles. The maximum atomic E-state index is 11.5. The predicted octanol–water partition coefficient (Wildman–Crippen LogP) is 1.89. The van der Waals surface area contributed by atoms with Crippen LogP contribution in [0.4, 0.5) is 0 Å². The summed E-state index contributed by atoms with van der Waals surface area (Å²) in [7, 11) is 0. The van der Waals surface area contributed by atoms with E-state index in [2.05, 4.69) is 5.32 Å². The van der Waals surface area contributed by atoms with Crippen molar-refractivity contribution in [2.75, 3.05) is 6.54 Å². The molecule has 0 aromatic carbocycles. The Morgan fingerprint density at radius 2 is 2.29 bits per heavy atom. The molecule has 84 valence electrons. The Kier molecular flexibility index (Phi) is 6.93. The van der Waals surface area contributed by atoms with Gasteiger partial charge in [-0.3, -0.25) is 4.79 Å². The smallest absolute Gasteiger partial charge is 0.323 e. The van der Waals surface area contributed by atoms with Crippen molar-refractivity contribution in [3.63, 3.8) is 0 Å². The Morgan fingerprint density at radius 1 is 1.57 bits per heavy atom. The highest BCUT2D eigenvalue weighted by Crippen LogP contribution is 2.09. The zero-order chi connectivity index (χ0) is 9.68. The van der Waals surface area contributed by atoms with Crippen LogP contribution in [0.1, 0.15) is 39.5 Å². The molecule has 1 unspecified atom stereocenters. The van der Waals surface area contributed by atoms with Crippen LogP contribution in [-0.2, 0) is 9.53 Å². The summed E-state index contributed by atoms with van der Waals surface area (Å²) in [6.07, 6.45) is 4.17. The van der Waals surface area contributed by atoms with E-state index in [9.17, 15) is 4.79 Å². The first-order chi connectivity index (χ1) is 6.24. The molecule has 0 aromatic rings. The topological polar surface area (TPSA) is 38.3 Å². The molecule has 1 fully saturated rings. The molecule has 0 saturated carbocycles.